The minimum absolute atomic E-state index is 0.0810. The van der Waals surface area contributed by atoms with Gasteiger partial charge in [-0.15, -0.1) is 0 Å². The van der Waals surface area contributed by atoms with Gasteiger partial charge in [0.25, 0.3) is 0 Å². The number of carbonyl (C=O) groups excluding carboxylic acids is 1. The summed E-state index contributed by atoms with van der Waals surface area (Å²) in [5, 5.41) is 11.4. The van der Waals surface area contributed by atoms with Gasteiger partial charge >= 0.3 is 0 Å². The fourth-order valence-corrected chi connectivity index (χ4v) is 1.01. The minimum Gasteiger partial charge on any atom is -0.396 e. The Labute approximate surface area is 80.5 Å². The standard InChI is InChI=1S/C10H21NO2/c1-9(2)10(13)11-7-5-3-4-6-8-12/h9,12H,3-8H2,1-2H3,(H,11,13). The number of aliphatic hydroxyl groups is 1. The van der Waals surface area contributed by atoms with Crippen LogP contribution in [0, 0.1) is 5.92 Å². The molecule has 0 aliphatic heterocycles. The Morgan fingerprint density at radius 2 is 1.85 bits per heavy atom. The van der Waals surface area contributed by atoms with Gasteiger partial charge in [0.1, 0.15) is 0 Å². The highest BCUT2D eigenvalue weighted by Gasteiger charge is 2.04. The molecule has 13 heavy (non-hydrogen) atoms. The van der Waals surface area contributed by atoms with Crippen LogP contribution in [0.2, 0.25) is 0 Å². The van der Waals surface area contributed by atoms with Crippen molar-refractivity contribution in [3.05, 3.63) is 0 Å². The van der Waals surface area contributed by atoms with E-state index in [1.165, 1.54) is 0 Å². The van der Waals surface area contributed by atoms with Crippen molar-refractivity contribution < 1.29 is 9.90 Å². The molecule has 0 aromatic heterocycles. The summed E-state index contributed by atoms with van der Waals surface area (Å²) >= 11 is 0. The molecule has 0 fully saturated rings. The zero-order valence-electron chi connectivity index (χ0n) is 8.68. The Morgan fingerprint density at radius 1 is 1.23 bits per heavy atom. The van der Waals surface area contributed by atoms with Crippen LogP contribution in [0.25, 0.3) is 0 Å². The Hall–Kier alpha value is -0.570. The molecule has 0 spiro atoms. The number of unbranched alkanes of at least 4 members (excludes halogenated alkanes) is 3. The van der Waals surface area contributed by atoms with Crippen molar-refractivity contribution in [1.82, 2.24) is 5.32 Å². The van der Waals surface area contributed by atoms with Crippen molar-refractivity contribution >= 4 is 5.91 Å². The first-order valence-corrected chi connectivity index (χ1v) is 5.07. The molecule has 3 nitrogen and oxygen atoms in total. The molecule has 0 saturated heterocycles. The summed E-state index contributed by atoms with van der Waals surface area (Å²) in [6.07, 6.45) is 4.02. The van der Waals surface area contributed by atoms with Crippen LogP contribution < -0.4 is 5.32 Å². The van der Waals surface area contributed by atoms with Gasteiger partial charge < -0.3 is 10.4 Å². The largest absolute Gasteiger partial charge is 0.396 e. The van der Waals surface area contributed by atoms with E-state index >= 15 is 0 Å². The van der Waals surface area contributed by atoms with E-state index in [0.717, 1.165) is 32.2 Å². The van der Waals surface area contributed by atoms with Gasteiger partial charge in [-0.2, -0.15) is 0 Å². The maximum Gasteiger partial charge on any atom is 0.222 e. The highest BCUT2D eigenvalue weighted by Crippen LogP contribution is 1.98. The van der Waals surface area contributed by atoms with Crippen LogP contribution in [0.4, 0.5) is 0 Å². The van der Waals surface area contributed by atoms with E-state index in [0.29, 0.717) is 0 Å². The average molecular weight is 187 g/mol. The average Bonchev–Trinajstić information content (AvgIpc) is 2.10. The predicted octanol–water partition coefficient (Wildman–Crippen LogP) is 1.31. The first-order chi connectivity index (χ1) is 6.18. The number of rotatable bonds is 7. The van der Waals surface area contributed by atoms with Crippen molar-refractivity contribution in [2.75, 3.05) is 13.2 Å². The summed E-state index contributed by atoms with van der Waals surface area (Å²) in [6, 6.07) is 0. The SMILES string of the molecule is CC(C)C(=O)NCCCCCCO. The van der Waals surface area contributed by atoms with E-state index in [9.17, 15) is 4.79 Å². The molecule has 0 rings (SSSR count). The fraction of sp³-hybridized carbons (Fsp3) is 0.900. The topological polar surface area (TPSA) is 49.3 Å². The quantitative estimate of drug-likeness (QED) is 0.590. The molecule has 78 valence electrons. The highest BCUT2D eigenvalue weighted by molar-refractivity contribution is 5.77. The van der Waals surface area contributed by atoms with Gasteiger partial charge in [0.2, 0.25) is 5.91 Å². The molecule has 0 aliphatic rings. The zero-order valence-corrected chi connectivity index (χ0v) is 8.68. The maximum atomic E-state index is 11.1. The third-order valence-electron chi connectivity index (χ3n) is 1.91. The van der Waals surface area contributed by atoms with Gasteiger partial charge in [0, 0.05) is 19.1 Å². The molecule has 3 heteroatoms. The molecule has 0 heterocycles. The van der Waals surface area contributed by atoms with E-state index in [2.05, 4.69) is 5.32 Å². The first kappa shape index (κ1) is 12.4. The minimum atomic E-state index is 0.0810. The summed E-state index contributed by atoms with van der Waals surface area (Å²) in [6.45, 7) is 4.82. The Kier molecular flexibility index (Phi) is 7.69. The lowest BCUT2D eigenvalue weighted by atomic mass is 10.2. The number of nitrogens with one attached hydrogen (secondary N) is 1. The molecule has 0 aromatic carbocycles. The van der Waals surface area contributed by atoms with Gasteiger partial charge in [-0.05, 0) is 12.8 Å². The third kappa shape index (κ3) is 7.78. The Morgan fingerprint density at radius 3 is 2.38 bits per heavy atom. The Balaban J connectivity index is 3.12. The lowest BCUT2D eigenvalue weighted by Crippen LogP contribution is -2.28. The molecular weight excluding hydrogens is 166 g/mol. The number of aliphatic hydroxyl groups excluding tert-OH is 1. The van der Waals surface area contributed by atoms with Crippen molar-refractivity contribution in [2.45, 2.75) is 39.5 Å². The summed E-state index contributed by atoms with van der Waals surface area (Å²) in [5.74, 6) is 0.208. The van der Waals surface area contributed by atoms with E-state index in [-0.39, 0.29) is 18.4 Å². The second kappa shape index (κ2) is 8.05. The summed E-state index contributed by atoms with van der Waals surface area (Å²) in [7, 11) is 0. The van der Waals surface area contributed by atoms with E-state index in [1.54, 1.807) is 0 Å². The molecule has 1 amide bonds. The van der Waals surface area contributed by atoms with Crippen molar-refractivity contribution in [2.24, 2.45) is 5.92 Å². The van der Waals surface area contributed by atoms with E-state index in [1.807, 2.05) is 13.8 Å². The molecule has 0 atom stereocenters. The number of hydrogen-bond acceptors (Lipinski definition) is 2. The number of hydrogen-bond donors (Lipinski definition) is 2. The maximum absolute atomic E-state index is 11.1. The molecule has 2 N–H and O–H groups in total. The van der Waals surface area contributed by atoms with Crippen molar-refractivity contribution in [3.63, 3.8) is 0 Å². The second-order valence-corrected chi connectivity index (χ2v) is 3.58. The molecule has 0 saturated carbocycles. The normalized spacial score (nSPS) is 10.5. The van der Waals surface area contributed by atoms with Crippen LogP contribution in [0.1, 0.15) is 39.5 Å². The number of amides is 1. The van der Waals surface area contributed by atoms with Crippen LogP contribution in [0.3, 0.4) is 0 Å². The Bertz CT molecular complexity index is 135. The lowest BCUT2D eigenvalue weighted by Gasteiger charge is -2.06. The van der Waals surface area contributed by atoms with Gasteiger partial charge in [-0.3, -0.25) is 4.79 Å². The molecular formula is C10H21NO2. The van der Waals surface area contributed by atoms with Crippen LogP contribution in [-0.2, 0) is 4.79 Å². The smallest absolute Gasteiger partial charge is 0.222 e. The third-order valence-corrected chi connectivity index (χ3v) is 1.91. The van der Waals surface area contributed by atoms with Gasteiger partial charge in [0.15, 0.2) is 0 Å². The van der Waals surface area contributed by atoms with Crippen LogP contribution in [0.15, 0.2) is 0 Å². The van der Waals surface area contributed by atoms with Crippen LogP contribution in [-0.4, -0.2) is 24.2 Å². The lowest BCUT2D eigenvalue weighted by molar-refractivity contribution is -0.123. The number of carbonyl (C=O) groups is 1. The zero-order chi connectivity index (χ0) is 10.1. The monoisotopic (exact) mass is 187 g/mol. The molecule has 0 unspecified atom stereocenters. The van der Waals surface area contributed by atoms with Crippen molar-refractivity contribution in [1.29, 1.82) is 0 Å². The van der Waals surface area contributed by atoms with Crippen LogP contribution in [0.5, 0.6) is 0 Å². The predicted molar refractivity (Wildman–Crippen MR) is 53.4 cm³/mol. The van der Waals surface area contributed by atoms with E-state index < -0.39 is 0 Å². The first-order valence-electron chi connectivity index (χ1n) is 5.07. The van der Waals surface area contributed by atoms with Gasteiger partial charge in [-0.1, -0.05) is 26.7 Å². The second-order valence-electron chi connectivity index (χ2n) is 3.58. The fourth-order valence-electron chi connectivity index (χ4n) is 1.01. The summed E-state index contributed by atoms with van der Waals surface area (Å²) in [5.41, 5.74) is 0. The molecule has 0 aliphatic carbocycles. The van der Waals surface area contributed by atoms with E-state index in [4.69, 9.17) is 5.11 Å². The molecule has 0 bridgehead atoms. The van der Waals surface area contributed by atoms with Gasteiger partial charge in [0.05, 0.1) is 0 Å². The summed E-state index contributed by atoms with van der Waals surface area (Å²) in [4.78, 5) is 11.1. The molecule has 0 aromatic rings. The van der Waals surface area contributed by atoms with Crippen molar-refractivity contribution in [3.8, 4) is 0 Å². The summed E-state index contributed by atoms with van der Waals surface area (Å²) < 4.78 is 0. The van der Waals surface area contributed by atoms with Crippen LogP contribution >= 0.6 is 0 Å². The molecule has 0 radical (unpaired) electrons. The van der Waals surface area contributed by atoms with Gasteiger partial charge in [-0.25, -0.2) is 0 Å². The highest BCUT2D eigenvalue weighted by atomic mass is 16.2.